The number of carbonyl (C=O) groups is 1. The standard InChI is InChI=1S/C14H10BrClO3/c15-10-3-1-2-9(6-10)8-19-11-4-5-12(14(17)18)13(16)7-11/h1-7H,8H2,(H,17,18). The van der Waals surface area contributed by atoms with Crippen LogP contribution >= 0.6 is 27.5 Å². The summed E-state index contributed by atoms with van der Waals surface area (Å²) in [5, 5.41) is 9.03. The van der Waals surface area contributed by atoms with Crippen molar-refractivity contribution in [3.63, 3.8) is 0 Å². The number of hydrogen-bond donors (Lipinski definition) is 1. The molecule has 0 amide bonds. The maximum Gasteiger partial charge on any atom is 0.337 e. The van der Waals surface area contributed by atoms with E-state index in [-0.39, 0.29) is 10.6 Å². The third-order valence-corrected chi connectivity index (χ3v) is 3.27. The molecular formula is C14H10BrClO3. The van der Waals surface area contributed by atoms with Crippen LogP contribution in [-0.2, 0) is 6.61 Å². The second-order valence-electron chi connectivity index (χ2n) is 3.87. The van der Waals surface area contributed by atoms with Crippen molar-refractivity contribution in [3.05, 3.63) is 63.1 Å². The van der Waals surface area contributed by atoms with Crippen LogP contribution in [0.5, 0.6) is 5.75 Å². The number of hydrogen-bond acceptors (Lipinski definition) is 2. The van der Waals surface area contributed by atoms with Crippen molar-refractivity contribution in [1.29, 1.82) is 0 Å². The van der Waals surface area contributed by atoms with Gasteiger partial charge in [-0.15, -0.1) is 0 Å². The van der Waals surface area contributed by atoms with Crippen LogP contribution in [0.15, 0.2) is 46.9 Å². The van der Waals surface area contributed by atoms with E-state index in [1.165, 1.54) is 12.1 Å². The Morgan fingerprint density at radius 2 is 2.05 bits per heavy atom. The van der Waals surface area contributed by atoms with Gasteiger partial charge in [-0.1, -0.05) is 39.7 Å². The lowest BCUT2D eigenvalue weighted by Crippen LogP contribution is -1.99. The van der Waals surface area contributed by atoms with E-state index in [0.717, 1.165) is 10.0 Å². The maximum absolute atomic E-state index is 10.8. The molecule has 5 heteroatoms. The third kappa shape index (κ3) is 3.72. The Balaban J connectivity index is 2.08. The number of halogens is 2. The summed E-state index contributed by atoms with van der Waals surface area (Å²) in [7, 11) is 0. The number of aromatic carboxylic acids is 1. The average molecular weight is 342 g/mol. The fourth-order valence-corrected chi connectivity index (χ4v) is 2.25. The van der Waals surface area contributed by atoms with Gasteiger partial charge in [0.2, 0.25) is 0 Å². The van der Waals surface area contributed by atoms with E-state index in [1.807, 2.05) is 24.3 Å². The van der Waals surface area contributed by atoms with E-state index in [0.29, 0.717) is 12.4 Å². The van der Waals surface area contributed by atoms with Crippen molar-refractivity contribution in [2.75, 3.05) is 0 Å². The highest BCUT2D eigenvalue weighted by molar-refractivity contribution is 9.10. The first kappa shape index (κ1) is 13.9. The van der Waals surface area contributed by atoms with E-state index in [9.17, 15) is 4.79 Å². The molecule has 19 heavy (non-hydrogen) atoms. The van der Waals surface area contributed by atoms with Crippen LogP contribution in [0.2, 0.25) is 5.02 Å². The van der Waals surface area contributed by atoms with E-state index < -0.39 is 5.97 Å². The molecule has 0 unspecified atom stereocenters. The van der Waals surface area contributed by atoms with Crippen molar-refractivity contribution in [3.8, 4) is 5.75 Å². The summed E-state index contributed by atoms with van der Waals surface area (Å²) < 4.78 is 6.54. The Morgan fingerprint density at radius 1 is 1.26 bits per heavy atom. The molecule has 0 aliphatic heterocycles. The van der Waals surface area contributed by atoms with Crippen LogP contribution in [0.25, 0.3) is 0 Å². The fraction of sp³-hybridized carbons (Fsp3) is 0.0714. The molecule has 0 atom stereocenters. The van der Waals surface area contributed by atoms with Gasteiger partial charge in [-0.3, -0.25) is 0 Å². The molecule has 0 spiro atoms. The van der Waals surface area contributed by atoms with Crippen molar-refractivity contribution < 1.29 is 14.6 Å². The molecule has 0 fully saturated rings. The summed E-state index contributed by atoms with van der Waals surface area (Å²) in [6.07, 6.45) is 0. The van der Waals surface area contributed by atoms with Gasteiger partial charge in [0.25, 0.3) is 0 Å². The lowest BCUT2D eigenvalue weighted by Gasteiger charge is -2.08. The number of benzene rings is 2. The molecule has 0 aliphatic rings. The monoisotopic (exact) mass is 340 g/mol. The molecule has 2 aromatic carbocycles. The Bertz CT molecular complexity index is 613. The predicted octanol–water partition coefficient (Wildman–Crippen LogP) is 4.38. The summed E-state index contributed by atoms with van der Waals surface area (Å²) in [4.78, 5) is 10.8. The van der Waals surface area contributed by atoms with Crippen molar-refractivity contribution >= 4 is 33.5 Å². The minimum atomic E-state index is -1.05. The third-order valence-electron chi connectivity index (χ3n) is 2.47. The minimum Gasteiger partial charge on any atom is -0.489 e. The van der Waals surface area contributed by atoms with Gasteiger partial charge in [-0.25, -0.2) is 4.79 Å². The van der Waals surface area contributed by atoms with E-state index in [2.05, 4.69) is 15.9 Å². The minimum absolute atomic E-state index is 0.0662. The first-order valence-corrected chi connectivity index (χ1v) is 6.63. The highest BCUT2D eigenvalue weighted by Crippen LogP contribution is 2.23. The first-order valence-electron chi connectivity index (χ1n) is 5.46. The Hall–Kier alpha value is -1.52. The molecule has 0 saturated carbocycles. The van der Waals surface area contributed by atoms with Crippen LogP contribution in [0.1, 0.15) is 15.9 Å². The second-order valence-corrected chi connectivity index (χ2v) is 5.19. The SMILES string of the molecule is O=C(O)c1ccc(OCc2cccc(Br)c2)cc1Cl. The van der Waals surface area contributed by atoms with Gasteiger partial charge < -0.3 is 9.84 Å². The number of carboxylic acid groups (broad SMARTS) is 1. The summed E-state index contributed by atoms with van der Waals surface area (Å²) in [6, 6.07) is 12.3. The van der Waals surface area contributed by atoms with Crippen LogP contribution in [0, 0.1) is 0 Å². The Kier molecular flexibility index (Phi) is 4.45. The highest BCUT2D eigenvalue weighted by Gasteiger charge is 2.09. The molecule has 0 bridgehead atoms. The molecule has 0 aromatic heterocycles. The van der Waals surface area contributed by atoms with E-state index >= 15 is 0 Å². The van der Waals surface area contributed by atoms with Gasteiger partial charge >= 0.3 is 5.97 Å². The molecular weight excluding hydrogens is 332 g/mol. The van der Waals surface area contributed by atoms with Crippen molar-refractivity contribution in [2.45, 2.75) is 6.61 Å². The quantitative estimate of drug-likeness (QED) is 0.897. The Morgan fingerprint density at radius 3 is 2.68 bits per heavy atom. The maximum atomic E-state index is 10.8. The lowest BCUT2D eigenvalue weighted by molar-refractivity contribution is 0.0697. The molecule has 0 aliphatic carbocycles. The molecule has 2 rings (SSSR count). The Labute approximate surface area is 123 Å². The zero-order valence-corrected chi connectivity index (χ0v) is 12.1. The summed E-state index contributed by atoms with van der Waals surface area (Å²) in [5.74, 6) is -0.515. The van der Waals surface area contributed by atoms with Crippen molar-refractivity contribution in [1.82, 2.24) is 0 Å². The number of carboxylic acids is 1. The van der Waals surface area contributed by atoms with Crippen molar-refractivity contribution in [2.24, 2.45) is 0 Å². The van der Waals surface area contributed by atoms with Crippen LogP contribution in [-0.4, -0.2) is 11.1 Å². The largest absolute Gasteiger partial charge is 0.489 e. The summed E-state index contributed by atoms with van der Waals surface area (Å²) in [5.41, 5.74) is 1.07. The average Bonchev–Trinajstić information content (AvgIpc) is 2.36. The predicted molar refractivity (Wildman–Crippen MR) is 76.9 cm³/mol. The second kappa shape index (κ2) is 6.08. The van der Waals surface area contributed by atoms with E-state index in [4.69, 9.17) is 21.4 Å². The van der Waals surface area contributed by atoms with Gasteiger partial charge in [0, 0.05) is 4.47 Å². The summed E-state index contributed by atoms with van der Waals surface area (Å²) in [6.45, 7) is 0.391. The summed E-state index contributed by atoms with van der Waals surface area (Å²) >= 11 is 9.25. The molecule has 3 nitrogen and oxygen atoms in total. The molecule has 2 aromatic rings. The van der Waals surface area contributed by atoms with Gasteiger partial charge in [0.05, 0.1) is 10.6 Å². The highest BCUT2D eigenvalue weighted by atomic mass is 79.9. The van der Waals surface area contributed by atoms with Crippen LogP contribution in [0.3, 0.4) is 0 Å². The van der Waals surface area contributed by atoms with Gasteiger partial charge in [-0.05, 0) is 35.9 Å². The molecule has 98 valence electrons. The van der Waals surface area contributed by atoms with Gasteiger partial charge in [-0.2, -0.15) is 0 Å². The lowest BCUT2D eigenvalue weighted by atomic mass is 10.2. The topological polar surface area (TPSA) is 46.5 Å². The molecule has 0 radical (unpaired) electrons. The van der Waals surface area contributed by atoms with E-state index in [1.54, 1.807) is 6.07 Å². The fourth-order valence-electron chi connectivity index (χ4n) is 1.55. The number of rotatable bonds is 4. The number of ether oxygens (including phenoxy) is 1. The van der Waals surface area contributed by atoms with Gasteiger partial charge in [0.15, 0.2) is 0 Å². The van der Waals surface area contributed by atoms with Gasteiger partial charge in [0.1, 0.15) is 12.4 Å². The zero-order valence-electron chi connectivity index (χ0n) is 9.77. The molecule has 0 saturated heterocycles. The molecule has 0 heterocycles. The normalized spacial score (nSPS) is 10.2. The smallest absolute Gasteiger partial charge is 0.337 e. The zero-order chi connectivity index (χ0) is 13.8. The van der Waals surface area contributed by atoms with Crippen LogP contribution < -0.4 is 4.74 Å². The van der Waals surface area contributed by atoms with Crippen LogP contribution in [0.4, 0.5) is 0 Å². The first-order chi connectivity index (χ1) is 9.06. The molecule has 1 N–H and O–H groups in total.